The Morgan fingerprint density at radius 1 is 1.40 bits per heavy atom. The third-order valence-corrected chi connectivity index (χ3v) is 2.06. The minimum Gasteiger partial charge on any atom is -0.251 e. The molecule has 0 amide bonds. The Hall–Kier alpha value is -0.140. The van der Waals surface area contributed by atoms with Crippen LogP contribution in [0.3, 0.4) is 0 Å². The summed E-state index contributed by atoms with van der Waals surface area (Å²) in [6, 6.07) is 0. The summed E-state index contributed by atoms with van der Waals surface area (Å²) in [6.45, 7) is -0.393. The van der Waals surface area contributed by atoms with Gasteiger partial charge < -0.3 is 0 Å². The van der Waals surface area contributed by atoms with Crippen LogP contribution in [0.5, 0.6) is 0 Å². The van der Waals surface area contributed by atoms with Gasteiger partial charge >= 0.3 is 0 Å². The van der Waals surface area contributed by atoms with Gasteiger partial charge in [0, 0.05) is 5.92 Å². The number of hydrogen-bond donors (Lipinski definition) is 0. The summed E-state index contributed by atoms with van der Waals surface area (Å²) >= 11 is 0. The van der Waals surface area contributed by atoms with E-state index in [1.165, 1.54) is 0 Å². The van der Waals surface area contributed by atoms with E-state index in [2.05, 4.69) is 0 Å². The van der Waals surface area contributed by atoms with E-state index in [1.807, 2.05) is 0 Å². The van der Waals surface area contributed by atoms with Gasteiger partial charge in [-0.15, -0.1) is 0 Å². The van der Waals surface area contributed by atoms with Gasteiger partial charge in [-0.05, 0) is 19.3 Å². The van der Waals surface area contributed by atoms with Crippen LogP contribution in [0.2, 0.25) is 0 Å². The maximum Gasteiger partial charge on any atom is 0.106 e. The highest BCUT2D eigenvalue weighted by Gasteiger charge is 2.24. The number of rotatable bonds is 2. The zero-order valence-electron chi connectivity index (χ0n) is 6.08. The number of hydrogen-bond acceptors (Lipinski definition) is 0. The van der Waals surface area contributed by atoms with Gasteiger partial charge in [0.2, 0.25) is 0 Å². The second kappa shape index (κ2) is 3.89. The van der Waals surface area contributed by atoms with E-state index in [4.69, 9.17) is 0 Å². The van der Waals surface area contributed by atoms with Crippen LogP contribution in [0.25, 0.3) is 0 Å². The summed E-state index contributed by atoms with van der Waals surface area (Å²) < 4.78 is 24.6. The fourth-order valence-corrected chi connectivity index (χ4v) is 1.44. The average molecular weight is 147 g/mol. The Morgan fingerprint density at radius 3 is 2.80 bits per heavy atom. The first-order valence-corrected chi connectivity index (χ1v) is 3.89. The SMILES string of the molecule is FCC[C]1CCCCC1F. The van der Waals surface area contributed by atoms with Crippen LogP contribution < -0.4 is 0 Å². The van der Waals surface area contributed by atoms with Crippen molar-refractivity contribution in [3.63, 3.8) is 0 Å². The van der Waals surface area contributed by atoms with Crippen LogP contribution in [-0.2, 0) is 0 Å². The van der Waals surface area contributed by atoms with Gasteiger partial charge in [-0.3, -0.25) is 4.39 Å². The summed E-state index contributed by atoms with van der Waals surface area (Å²) in [4.78, 5) is 0. The number of halogens is 2. The molecule has 1 rings (SSSR count). The Labute approximate surface area is 60.6 Å². The van der Waals surface area contributed by atoms with E-state index in [-0.39, 0.29) is 0 Å². The molecule has 1 fully saturated rings. The molecule has 0 aromatic heterocycles. The lowest BCUT2D eigenvalue weighted by molar-refractivity contribution is 0.258. The van der Waals surface area contributed by atoms with E-state index in [9.17, 15) is 8.78 Å². The monoisotopic (exact) mass is 147 g/mol. The van der Waals surface area contributed by atoms with Crippen molar-refractivity contribution in [2.75, 3.05) is 6.67 Å². The normalized spacial score (nSPS) is 28.8. The second-order valence-electron chi connectivity index (χ2n) is 2.81. The van der Waals surface area contributed by atoms with Gasteiger partial charge in [0.25, 0.3) is 0 Å². The molecule has 0 aromatic rings. The molecule has 0 heterocycles. The van der Waals surface area contributed by atoms with Crippen molar-refractivity contribution in [3.05, 3.63) is 5.92 Å². The Bertz CT molecular complexity index is 91.3. The molecule has 0 spiro atoms. The topological polar surface area (TPSA) is 0 Å². The van der Waals surface area contributed by atoms with Gasteiger partial charge in [0.05, 0.1) is 6.67 Å². The lowest BCUT2D eigenvalue weighted by Crippen LogP contribution is -2.18. The largest absolute Gasteiger partial charge is 0.251 e. The summed E-state index contributed by atoms with van der Waals surface area (Å²) in [5.74, 6) is 0.800. The van der Waals surface area contributed by atoms with Gasteiger partial charge in [0.15, 0.2) is 0 Å². The van der Waals surface area contributed by atoms with Crippen molar-refractivity contribution in [2.45, 2.75) is 38.3 Å². The van der Waals surface area contributed by atoms with E-state index >= 15 is 0 Å². The zero-order chi connectivity index (χ0) is 7.40. The first kappa shape index (κ1) is 7.96. The molecule has 1 atom stereocenters. The third-order valence-electron chi connectivity index (χ3n) is 2.06. The highest BCUT2D eigenvalue weighted by atomic mass is 19.1. The Balaban J connectivity index is 2.25. The molecule has 0 aliphatic heterocycles. The molecule has 59 valence electrons. The standard InChI is InChI=1S/C8H13F2/c9-6-5-7-3-1-2-4-8(7)10/h8H,1-6H2. The molecule has 1 radical (unpaired) electrons. The van der Waals surface area contributed by atoms with Crippen molar-refractivity contribution < 1.29 is 8.78 Å². The predicted molar refractivity (Wildman–Crippen MR) is 37.2 cm³/mol. The van der Waals surface area contributed by atoms with Gasteiger partial charge in [-0.1, -0.05) is 12.8 Å². The minimum atomic E-state index is -0.801. The molecule has 0 nitrogen and oxygen atoms in total. The highest BCUT2D eigenvalue weighted by Crippen LogP contribution is 2.30. The summed E-state index contributed by atoms with van der Waals surface area (Å²) in [5.41, 5.74) is 0. The summed E-state index contributed by atoms with van der Waals surface area (Å²) in [7, 11) is 0. The first-order chi connectivity index (χ1) is 4.84. The number of alkyl halides is 2. The minimum absolute atomic E-state index is 0.348. The van der Waals surface area contributed by atoms with Gasteiger partial charge in [-0.2, -0.15) is 0 Å². The maximum atomic E-state index is 12.8. The molecule has 1 unspecified atom stereocenters. The van der Waals surface area contributed by atoms with E-state index in [1.54, 1.807) is 0 Å². The maximum absolute atomic E-state index is 12.8. The van der Waals surface area contributed by atoms with Crippen LogP contribution in [0.1, 0.15) is 32.1 Å². The molecule has 2 heteroatoms. The van der Waals surface area contributed by atoms with Crippen LogP contribution >= 0.6 is 0 Å². The van der Waals surface area contributed by atoms with Crippen LogP contribution in [0.15, 0.2) is 0 Å². The average Bonchev–Trinajstić information content (AvgIpc) is 1.94. The van der Waals surface area contributed by atoms with Crippen molar-refractivity contribution >= 4 is 0 Å². The van der Waals surface area contributed by atoms with Crippen LogP contribution in [-0.4, -0.2) is 12.8 Å². The first-order valence-electron chi connectivity index (χ1n) is 3.89. The van der Waals surface area contributed by atoms with Crippen LogP contribution in [0.4, 0.5) is 8.78 Å². The lowest BCUT2D eigenvalue weighted by Gasteiger charge is -2.23. The fourth-order valence-electron chi connectivity index (χ4n) is 1.44. The highest BCUT2D eigenvalue weighted by molar-refractivity contribution is 4.99. The van der Waals surface area contributed by atoms with Gasteiger partial charge in [-0.25, -0.2) is 4.39 Å². The van der Waals surface area contributed by atoms with E-state index < -0.39 is 12.8 Å². The van der Waals surface area contributed by atoms with Crippen molar-refractivity contribution in [3.8, 4) is 0 Å². The second-order valence-corrected chi connectivity index (χ2v) is 2.81. The Morgan fingerprint density at radius 2 is 2.20 bits per heavy atom. The van der Waals surface area contributed by atoms with Crippen molar-refractivity contribution in [1.29, 1.82) is 0 Å². The van der Waals surface area contributed by atoms with Crippen molar-refractivity contribution in [2.24, 2.45) is 0 Å². The molecule has 10 heavy (non-hydrogen) atoms. The predicted octanol–water partition coefficient (Wildman–Crippen LogP) is 2.83. The quantitative estimate of drug-likeness (QED) is 0.563. The van der Waals surface area contributed by atoms with Crippen molar-refractivity contribution in [1.82, 2.24) is 0 Å². The molecule has 0 aromatic carbocycles. The molecule has 1 aliphatic rings. The molecule has 0 N–H and O–H groups in total. The molecular weight excluding hydrogens is 134 g/mol. The van der Waals surface area contributed by atoms with E-state index in [0.717, 1.165) is 25.2 Å². The van der Waals surface area contributed by atoms with Crippen LogP contribution in [0, 0.1) is 5.92 Å². The molecule has 0 saturated heterocycles. The summed E-state index contributed by atoms with van der Waals surface area (Å²) in [6.07, 6.45) is 3.00. The Kier molecular flexibility index (Phi) is 3.10. The van der Waals surface area contributed by atoms with E-state index in [0.29, 0.717) is 12.8 Å². The molecule has 0 bridgehead atoms. The smallest absolute Gasteiger partial charge is 0.106 e. The lowest BCUT2D eigenvalue weighted by atomic mass is 9.86. The zero-order valence-corrected chi connectivity index (χ0v) is 6.08. The summed E-state index contributed by atoms with van der Waals surface area (Å²) in [5, 5.41) is 0. The van der Waals surface area contributed by atoms with Gasteiger partial charge in [0.1, 0.15) is 6.17 Å². The third kappa shape index (κ3) is 1.93. The molecular formula is C8H13F2. The molecule has 1 aliphatic carbocycles. The molecule has 1 saturated carbocycles. The fraction of sp³-hybridized carbons (Fsp3) is 0.875.